The summed E-state index contributed by atoms with van der Waals surface area (Å²) in [6.07, 6.45) is 1.58. The molecule has 1 N–H and O–H groups in total. The Balaban J connectivity index is 2.12. The second-order valence-electron chi connectivity index (χ2n) is 4.27. The van der Waals surface area contributed by atoms with Gasteiger partial charge in [-0.05, 0) is 39.2 Å². The number of rotatable bonds is 4. The third-order valence-corrected chi connectivity index (χ3v) is 3.65. The molecule has 0 unspecified atom stereocenters. The minimum atomic E-state index is -0.413. The highest BCUT2D eigenvalue weighted by atomic mass is 79.9. The van der Waals surface area contributed by atoms with Crippen molar-refractivity contribution in [1.29, 1.82) is 0 Å². The van der Waals surface area contributed by atoms with Crippen molar-refractivity contribution in [3.8, 4) is 5.75 Å². The average molecular weight is 322 g/mol. The van der Waals surface area contributed by atoms with Gasteiger partial charge in [-0.25, -0.2) is 4.79 Å². The van der Waals surface area contributed by atoms with E-state index in [0.717, 1.165) is 28.1 Å². The van der Waals surface area contributed by atoms with Crippen molar-refractivity contribution in [2.45, 2.75) is 19.8 Å². The fourth-order valence-corrected chi connectivity index (χ4v) is 2.37. The first-order chi connectivity index (χ1) is 9.22. The predicted octanol–water partition coefficient (Wildman–Crippen LogP) is 4.49. The van der Waals surface area contributed by atoms with Crippen LogP contribution >= 0.6 is 15.9 Å². The van der Waals surface area contributed by atoms with Gasteiger partial charge < -0.3 is 10.1 Å². The molecule has 0 aliphatic carbocycles. The summed E-state index contributed by atoms with van der Waals surface area (Å²) < 4.78 is 6.10. The van der Waals surface area contributed by atoms with Crippen LogP contribution in [0.15, 0.2) is 40.9 Å². The highest BCUT2D eigenvalue weighted by Crippen LogP contribution is 2.32. The van der Waals surface area contributed by atoms with E-state index in [9.17, 15) is 4.79 Å². The van der Waals surface area contributed by atoms with Gasteiger partial charge in [-0.3, -0.25) is 0 Å². The molecular formula is C15H16BrNO2. The molecule has 0 fully saturated rings. The molecule has 0 aliphatic heterocycles. The quantitative estimate of drug-likeness (QED) is 0.842. The molecule has 0 radical (unpaired) electrons. The van der Waals surface area contributed by atoms with Gasteiger partial charge in [-0.15, -0.1) is 0 Å². The van der Waals surface area contributed by atoms with Crippen LogP contribution in [-0.4, -0.2) is 12.6 Å². The highest BCUT2D eigenvalue weighted by Gasteiger charge is 2.09. The Morgan fingerprint density at radius 2 is 2.05 bits per heavy atom. The first-order valence-electron chi connectivity index (χ1n) is 6.35. The number of benzene rings is 2. The molecule has 19 heavy (non-hydrogen) atoms. The van der Waals surface area contributed by atoms with E-state index < -0.39 is 6.09 Å². The minimum Gasteiger partial charge on any atom is -0.409 e. The van der Waals surface area contributed by atoms with Crippen molar-refractivity contribution in [3.63, 3.8) is 0 Å². The first kappa shape index (κ1) is 13.9. The molecule has 0 spiro atoms. The first-order valence-corrected chi connectivity index (χ1v) is 7.14. The molecule has 0 saturated heterocycles. The van der Waals surface area contributed by atoms with Crippen molar-refractivity contribution in [2.75, 3.05) is 6.54 Å². The zero-order valence-electron chi connectivity index (χ0n) is 10.8. The van der Waals surface area contributed by atoms with E-state index in [2.05, 4.69) is 28.2 Å². The second-order valence-corrected chi connectivity index (χ2v) is 5.06. The zero-order chi connectivity index (χ0) is 13.7. The summed E-state index contributed by atoms with van der Waals surface area (Å²) in [5.41, 5.74) is 0. The second kappa shape index (κ2) is 6.57. The Hall–Kier alpha value is -1.55. The Kier molecular flexibility index (Phi) is 4.80. The summed E-state index contributed by atoms with van der Waals surface area (Å²) >= 11 is 3.49. The van der Waals surface area contributed by atoms with E-state index in [4.69, 9.17) is 4.74 Å². The van der Waals surface area contributed by atoms with Gasteiger partial charge in [0.05, 0.1) is 4.47 Å². The summed E-state index contributed by atoms with van der Waals surface area (Å²) in [7, 11) is 0. The maximum Gasteiger partial charge on any atom is 0.412 e. The van der Waals surface area contributed by atoms with Crippen LogP contribution in [0.2, 0.25) is 0 Å². The number of hydrogen-bond donors (Lipinski definition) is 1. The maximum atomic E-state index is 11.6. The molecule has 0 heterocycles. The smallest absolute Gasteiger partial charge is 0.409 e. The number of carbonyl (C=O) groups is 1. The van der Waals surface area contributed by atoms with E-state index >= 15 is 0 Å². The molecule has 3 nitrogen and oxygen atoms in total. The fraction of sp³-hybridized carbons (Fsp3) is 0.267. The number of nitrogens with one attached hydrogen (secondary N) is 1. The lowest BCUT2D eigenvalue weighted by molar-refractivity contribution is 0.200. The van der Waals surface area contributed by atoms with E-state index in [-0.39, 0.29) is 0 Å². The standard InChI is InChI=1S/C15H16BrNO2/c1-2-3-10-17-15(18)19-13-9-8-11-6-4-5-7-12(11)14(13)16/h4-9H,2-3,10H2,1H3,(H,17,18). The number of fused-ring (bicyclic) bond motifs is 1. The monoisotopic (exact) mass is 321 g/mol. The molecular weight excluding hydrogens is 306 g/mol. The van der Waals surface area contributed by atoms with Crippen molar-refractivity contribution < 1.29 is 9.53 Å². The van der Waals surface area contributed by atoms with Crippen LogP contribution in [0, 0.1) is 0 Å². The lowest BCUT2D eigenvalue weighted by atomic mass is 10.1. The summed E-state index contributed by atoms with van der Waals surface area (Å²) in [4.78, 5) is 11.6. The third kappa shape index (κ3) is 3.47. The number of amides is 1. The largest absolute Gasteiger partial charge is 0.412 e. The molecule has 2 aromatic carbocycles. The molecule has 100 valence electrons. The Labute approximate surface area is 121 Å². The molecule has 2 aromatic rings. The Bertz CT molecular complexity index is 583. The SMILES string of the molecule is CCCCNC(=O)Oc1ccc2ccccc2c1Br. The van der Waals surface area contributed by atoms with Crippen LogP contribution in [-0.2, 0) is 0 Å². The Morgan fingerprint density at radius 1 is 1.26 bits per heavy atom. The number of hydrogen-bond acceptors (Lipinski definition) is 2. The topological polar surface area (TPSA) is 38.3 Å². The number of ether oxygens (including phenoxy) is 1. The van der Waals surface area contributed by atoms with Crippen molar-refractivity contribution in [3.05, 3.63) is 40.9 Å². The van der Waals surface area contributed by atoms with Gasteiger partial charge in [0, 0.05) is 6.54 Å². The van der Waals surface area contributed by atoms with Gasteiger partial charge >= 0.3 is 6.09 Å². The van der Waals surface area contributed by atoms with Gasteiger partial charge in [0.15, 0.2) is 0 Å². The van der Waals surface area contributed by atoms with Gasteiger partial charge in [-0.2, -0.15) is 0 Å². The average Bonchev–Trinajstić information content (AvgIpc) is 2.43. The third-order valence-electron chi connectivity index (χ3n) is 2.83. The lowest BCUT2D eigenvalue weighted by Crippen LogP contribution is -2.27. The van der Waals surface area contributed by atoms with Gasteiger partial charge in [0.2, 0.25) is 0 Å². The van der Waals surface area contributed by atoms with Gasteiger partial charge in [0.1, 0.15) is 5.75 Å². The van der Waals surface area contributed by atoms with Crippen LogP contribution in [0.5, 0.6) is 5.75 Å². The van der Waals surface area contributed by atoms with Crippen LogP contribution in [0.25, 0.3) is 10.8 Å². The molecule has 0 aliphatic rings. The summed E-state index contributed by atoms with van der Waals surface area (Å²) in [5, 5.41) is 4.86. The molecule has 0 saturated carbocycles. The van der Waals surface area contributed by atoms with Gasteiger partial charge in [-0.1, -0.05) is 43.7 Å². The van der Waals surface area contributed by atoms with Crippen LogP contribution < -0.4 is 10.1 Å². The molecule has 4 heteroatoms. The van der Waals surface area contributed by atoms with Crippen LogP contribution in [0.4, 0.5) is 4.79 Å². The number of halogens is 1. The number of unbranched alkanes of at least 4 members (excludes halogenated alkanes) is 1. The molecule has 0 bridgehead atoms. The van der Waals surface area contributed by atoms with Gasteiger partial charge in [0.25, 0.3) is 0 Å². The number of carbonyl (C=O) groups excluding carboxylic acids is 1. The van der Waals surface area contributed by atoms with E-state index in [1.54, 1.807) is 6.07 Å². The Morgan fingerprint density at radius 3 is 2.84 bits per heavy atom. The molecule has 2 rings (SSSR count). The van der Waals surface area contributed by atoms with E-state index in [1.807, 2.05) is 30.3 Å². The zero-order valence-corrected chi connectivity index (χ0v) is 12.4. The highest BCUT2D eigenvalue weighted by molar-refractivity contribution is 9.10. The molecule has 0 aromatic heterocycles. The predicted molar refractivity (Wildman–Crippen MR) is 80.6 cm³/mol. The van der Waals surface area contributed by atoms with Crippen molar-refractivity contribution >= 4 is 32.8 Å². The minimum absolute atomic E-state index is 0.413. The summed E-state index contributed by atoms with van der Waals surface area (Å²) in [5.74, 6) is 0.535. The van der Waals surface area contributed by atoms with E-state index in [0.29, 0.717) is 12.3 Å². The molecule has 0 atom stereocenters. The van der Waals surface area contributed by atoms with Crippen molar-refractivity contribution in [1.82, 2.24) is 5.32 Å². The summed E-state index contributed by atoms with van der Waals surface area (Å²) in [6.45, 7) is 2.72. The van der Waals surface area contributed by atoms with Crippen molar-refractivity contribution in [2.24, 2.45) is 0 Å². The fourth-order valence-electron chi connectivity index (χ4n) is 1.80. The normalized spacial score (nSPS) is 10.4. The maximum absolute atomic E-state index is 11.6. The lowest BCUT2D eigenvalue weighted by Gasteiger charge is -2.09. The summed E-state index contributed by atoms with van der Waals surface area (Å²) in [6, 6.07) is 11.7. The van der Waals surface area contributed by atoms with E-state index in [1.165, 1.54) is 0 Å². The van der Waals surface area contributed by atoms with Crippen LogP contribution in [0.3, 0.4) is 0 Å². The molecule has 1 amide bonds. The van der Waals surface area contributed by atoms with Crippen LogP contribution in [0.1, 0.15) is 19.8 Å².